The van der Waals surface area contributed by atoms with Crippen LogP contribution in [0.2, 0.25) is 0 Å². The lowest BCUT2D eigenvalue weighted by Crippen LogP contribution is -2.29. The number of carbonyl (C=O) groups excluding carboxylic acids is 1. The van der Waals surface area contributed by atoms with Gasteiger partial charge < -0.3 is 10.4 Å². The Balaban J connectivity index is 1.67. The molecule has 0 spiro atoms. The third-order valence-corrected chi connectivity index (χ3v) is 5.51. The van der Waals surface area contributed by atoms with Crippen LogP contribution in [0.15, 0.2) is 48.7 Å². The zero-order valence-corrected chi connectivity index (χ0v) is 16.7. The second-order valence-corrected chi connectivity index (χ2v) is 7.62. The number of aromatic carboxylic acids is 1. The molecule has 0 aliphatic heterocycles. The van der Waals surface area contributed by atoms with Gasteiger partial charge in [0.25, 0.3) is 6.43 Å². The fourth-order valence-corrected chi connectivity index (χ4v) is 3.70. The first-order chi connectivity index (χ1) is 15.6. The Hall–Kier alpha value is -3.82. The third-order valence-electron chi connectivity index (χ3n) is 5.51. The summed E-state index contributed by atoms with van der Waals surface area (Å²) in [6.45, 7) is 0. The lowest BCUT2D eigenvalue weighted by atomic mass is 9.93. The quantitative estimate of drug-likeness (QED) is 0.476. The van der Waals surface area contributed by atoms with Crippen molar-refractivity contribution in [3.63, 3.8) is 0 Å². The topological polar surface area (TPSA) is 79.3 Å². The summed E-state index contributed by atoms with van der Waals surface area (Å²) in [5.74, 6) is -4.94. The molecule has 10 heteroatoms. The first-order valence-electron chi connectivity index (χ1n) is 9.70. The largest absolute Gasteiger partial charge is 0.478 e. The molecular weight excluding hydrogens is 447 g/mol. The van der Waals surface area contributed by atoms with Gasteiger partial charge in [-0.25, -0.2) is 26.7 Å². The normalized spacial score (nSPS) is 14.2. The zero-order valence-electron chi connectivity index (χ0n) is 16.7. The molecule has 2 aromatic carbocycles. The van der Waals surface area contributed by atoms with Crippen molar-refractivity contribution < 1.29 is 36.6 Å². The molecule has 1 saturated carbocycles. The second-order valence-electron chi connectivity index (χ2n) is 7.62. The van der Waals surface area contributed by atoms with E-state index in [1.807, 2.05) is 0 Å². The van der Waals surface area contributed by atoms with E-state index < -0.39 is 52.4 Å². The SMILES string of the molecule is O=C(O)c1cc(NC(=O)C2(c3ccc(F)cc3F)CC2)cc(F)c1-c1ccc(C(F)F)nc1. The number of alkyl halides is 2. The molecule has 1 fully saturated rings. The molecule has 0 radical (unpaired) electrons. The molecule has 0 saturated heterocycles. The van der Waals surface area contributed by atoms with Crippen molar-refractivity contribution in [1.29, 1.82) is 0 Å². The van der Waals surface area contributed by atoms with E-state index in [2.05, 4.69) is 10.3 Å². The summed E-state index contributed by atoms with van der Waals surface area (Å²) >= 11 is 0. The molecule has 4 rings (SSSR count). The summed E-state index contributed by atoms with van der Waals surface area (Å²) in [5, 5.41) is 12.0. The summed E-state index contributed by atoms with van der Waals surface area (Å²) in [4.78, 5) is 28.1. The van der Waals surface area contributed by atoms with Crippen LogP contribution in [-0.4, -0.2) is 22.0 Å². The molecule has 1 aromatic heterocycles. The Bertz CT molecular complexity index is 1260. The number of rotatable bonds is 6. The van der Waals surface area contributed by atoms with Crippen LogP contribution < -0.4 is 5.32 Å². The third kappa shape index (κ3) is 4.15. The zero-order chi connectivity index (χ0) is 23.9. The Kier molecular flexibility index (Phi) is 5.61. The molecule has 170 valence electrons. The second kappa shape index (κ2) is 8.27. The van der Waals surface area contributed by atoms with Crippen LogP contribution in [0.1, 0.15) is 40.9 Å². The minimum absolute atomic E-state index is 0.0119. The number of amides is 1. The lowest BCUT2D eigenvalue weighted by Gasteiger charge is -2.18. The Morgan fingerprint density at radius 2 is 1.73 bits per heavy atom. The number of aromatic nitrogens is 1. The first-order valence-corrected chi connectivity index (χ1v) is 9.70. The van der Waals surface area contributed by atoms with Crippen LogP contribution in [0.3, 0.4) is 0 Å². The number of carbonyl (C=O) groups is 2. The molecule has 2 N–H and O–H groups in total. The molecule has 0 atom stereocenters. The van der Waals surface area contributed by atoms with E-state index in [1.54, 1.807) is 0 Å². The molecule has 5 nitrogen and oxygen atoms in total. The number of hydrogen-bond donors (Lipinski definition) is 2. The number of carboxylic acids is 1. The summed E-state index contributed by atoms with van der Waals surface area (Å²) < 4.78 is 67.8. The Morgan fingerprint density at radius 3 is 2.27 bits per heavy atom. The van der Waals surface area contributed by atoms with Crippen LogP contribution >= 0.6 is 0 Å². The minimum Gasteiger partial charge on any atom is -0.478 e. The van der Waals surface area contributed by atoms with Crippen molar-refractivity contribution in [2.75, 3.05) is 5.32 Å². The van der Waals surface area contributed by atoms with E-state index in [0.29, 0.717) is 6.07 Å². The summed E-state index contributed by atoms with van der Waals surface area (Å²) in [6, 6.07) is 6.81. The summed E-state index contributed by atoms with van der Waals surface area (Å²) in [7, 11) is 0. The smallest absolute Gasteiger partial charge is 0.336 e. The maximum atomic E-state index is 14.9. The van der Waals surface area contributed by atoms with Gasteiger partial charge in [0.15, 0.2) is 0 Å². The van der Waals surface area contributed by atoms with Crippen LogP contribution in [0.5, 0.6) is 0 Å². The van der Waals surface area contributed by atoms with E-state index in [-0.39, 0.29) is 35.2 Å². The predicted octanol–water partition coefficient (Wildman–Crippen LogP) is 5.47. The maximum Gasteiger partial charge on any atom is 0.336 e. The van der Waals surface area contributed by atoms with Gasteiger partial charge in [-0.15, -0.1) is 0 Å². The highest BCUT2D eigenvalue weighted by Gasteiger charge is 2.52. The van der Waals surface area contributed by atoms with Gasteiger partial charge >= 0.3 is 5.97 Å². The van der Waals surface area contributed by atoms with Crippen molar-refractivity contribution in [3.8, 4) is 11.1 Å². The highest BCUT2D eigenvalue weighted by Crippen LogP contribution is 2.50. The standard InChI is InChI=1S/C23H15F5N2O3/c24-12-2-3-15(16(25)7-12)23(5-6-23)22(33)30-13-8-14(21(31)32)19(17(26)9-13)11-1-4-18(20(27)28)29-10-11/h1-4,7-10,20H,5-6H2,(H,30,33)(H,31,32). The highest BCUT2D eigenvalue weighted by atomic mass is 19.3. The van der Waals surface area contributed by atoms with E-state index in [4.69, 9.17) is 0 Å². The van der Waals surface area contributed by atoms with Crippen molar-refractivity contribution in [2.24, 2.45) is 0 Å². The van der Waals surface area contributed by atoms with Gasteiger partial charge in [0.2, 0.25) is 5.91 Å². The molecule has 1 aliphatic carbocycles. The number of anilines is 1. The van der Waals surface area contributed by atoms with Crippen molar-refractivity contribution in [1.82, 2.24) is 4.98 Å². The minimum atomic E-state index is -2.85. The van der Waals surface area contributed by atoms with Crippen LogP contribution in [0.4, 0.5) is 27.6 Å². The van der Waals surface area contributed by atoms with Crippen molar-refractivity contribution in [2.45, 2.75) is 24.7 Å². The van der Waals surface area contributed by atoms with Crippen LogP contribution in [-0.2, 0) is 10.2 Å². The molecule has 1 aliphatic rings. The highest BCUT2D eigenvalue weighted by molar-refractivity contribution is 6.03. The number of carboxylic acid groups (broad SMARTS) is 1. The maximum absolute atomic E-state index is 14.9. The van der Waals surface area contributed by atoms with Gasteiger partial charge in [0, 0.05) is 34.6 Å². The van der Waals surface area contributed by atoms with E-state index in [1.165, 1.54) is 6.07 Å². The van der Waals surface area contributed by atoms with Gasteiger partial charge in [-0.3, -0.25) is 9.78 Å². The molecule has 1 amide bonds. The van der Waals surface area contributed by atoms with Gasteiger partial charge in [0.05, 0.1) is 11.0 Å². The number of pyridine rings is 1. The number of benzene rings is 2. The molecule has 33 heavy (non-hydrogen) atoms. The molecule has 0 unspecified atom stereocenters. The average Bonchev–Trinajstić information content (AvgIpc) is 3.55. The fourth-order valence-electron chi connectivity index (χ4n) is 3.70. The van der Waals surface area contributed by atoms with Crippen molar-refractivity contribution >= 4 is 17.6 Å². The molecular formula is C23H15F5N2O3. The number of hydrogen-bond acceptors (Lipinski definition) is 3. The number of nitrogens with one attached hydrogen (secondary N) is 1. The predicted molar refractivity (Wildman–Crippen MR) is 107 cm³/mol. The lowest BCUT2D eigenvalue weighted by molar-refractivity contribution is -0.118. The van der Waals surface area contributed by atoms with Crippen LogP contribution in [0, 0.1) is 17.5 Å². The van der Waals surface area contributed by atoms with Crippen molar-refractivity contribution in [3.05, 3.63) is 82.9 Å². The molecule has 0 bridgehead atoms. The van der Waals surface area contributed by atoms with Gasteiger partial charge in [0.1, 0.15) is 23.1 Å². The first kappa shape index (κ1) is 22.4. The summed E-state index contributed by atoms with van der Waals surface area (Å²) in [6.07, 6.45) is -1.37. The van der Waals surface area contributed by atoms with Crippen LogP contribution in [0.25, 0.3) is 11.1 Å². The van der Waals surface area contributed by atoms with E-state index in [0.717, 1.165) is 36.5 Å². The fraction of sp³-hybridized carbons (Fsp3) is 0.174. The number of halogens is 5. The van der Waals surface area contributed by atoms with Gasteiger partial charge in [-0.2, -0.15) is 0 Å². The van der Waals surface area contributed by atoms with Gasteiger partial charge in [-0.1, -0.05) is 12.1 Å². The molecule has 1 heterocycles. The van der Waals surface area contributed by atoms with E-state index >= 15 is 0 Å². The van der Waals surface area contributed by atoms with Gasteiger partial charge in [-0.05, 0) is 37.1 Å². The average molecular weight is 462 g/mol. The summed E-state index contributed by atoms with van der Waals surface area (Å²) in [5.41, 5.74) is -2.99. The Labute approximate surface area is 183 Å². The Morgan fingerprint density at radius 1 is 1.00 bits per heavy atom. The number of nitrogens with zero attached hydrogens (tertiary/aromatic N) is 1. The van der Waals surface area contributed by atoms with E-state index in [9.17, 15) is 36.6 Å². The monoisotopic (exact) mass is 462 g/mol. The molecule has 3 aromatic rings.